The summed E-state index contributed by atoms with van der Waals surface area (Å²) in [5.41, 5.74) is -0.0948. The molecule has 0 amide bonds. The van der Waals surface area contributed by atoms with Gasteiger partial charge in [-0.2, -0.15) is 0 Å². The first-order valence-corrected chi connectivity index (χ1v) is 13.7. The normalized spacial score (nSPS) is 19.1. The van der Waals surface area contributed by atoms with Gasteiger partial charge in [-0.05, 0) is 34.4 Å². The van der Waals surface area contributed by atoms with Gasteiger partial charge in [-0.25, -0.2) is 0 Å². The van der Waals surface area contributed by atoms with E-state index in [-0.39, 0.29) is 0 Å². The van der Waals surface area contributed by atoms with Crippen LogP contribution in [0.3, 0.4) is 0 Å². The van der Waals surface area contributed by atoms with Crippen molar-refractivity contribution in [3.8, 4) is 5.75 Å². The smallest absolute Gasteiger partial charge is 0.185 e. The van der Waals surface area contributed by atoms with Crippen LogP contribution in [0.15, 0.2) is 146 Å². The molecule has 1 heterocycles. The lowest BCUT2D eigenvalue weighted by Gasteiger charge is -2.42. The Bertz CT molecular complexity index is 1360. The summed E-state index contributed by atoms with van der Waals surface area (Å²) in [4.78, 5) is 0. The van der Waals surface area contributed by atoms with E-state index in [1.807, 2.05) is 146 Å². The summed E-state index contributed by atoms with van der Waals surface area (Å²) in [6.45, 7) is 0. The number of hydrogen-bond donors (Lipinski definition) is 2. The lowest BCUT2D eigenvalue weighted by atomic mass is 9.72. The largest absolute Gasteiger partial charge is 0.497 e. The van der Waals surface area contributed by atoms with E-state index in [0.29, 0.717) is 28.0 Å². The molecule has 5 aromatic rings. The van der Waals surface area contributed by atoms with Gasteiger partial charge < -0.3 is 24.4 Å². The predicted molar refractivity (Wildman–Crippen MR) is 157 cm³/mol. The highest BCUT2D eigenvalue weighted by Crippen LogP contribution is 2.50. The van der Waals surface area contributed by atoms with Crippen LogP contribution >= 0.6 is 0 Å². The summed E-state index contributed by atoms with van der Waals surface area (Å²) in [5.74, 6) is 0.704. The second-order valence-corrected chi connectivity index (χ2v) is 10.2. The molecular weight excluding hydrogens is 512 g/mol. The Morgan fingerprint density at radius 1 is 0.488 bits per heavy atom. The van der Waals surface area contributed by atoms with E-state index in [4.69, 9.17) is 14.2 Å². The van der Waals surface area contributed by atoms with E-state index < -0.39 is 29.7 Å². The molecule has 1 aliphatic heterocycles. The molecule has 1 aliphatic rings. The Morgan fingerprint density at radius 3 is 1.10 bits per heavy atom. The summed E-state index contributed by atoms with van der Waals surface area (Å²) >= 11 is 0. The fourth-order valence-corrected chi connectivity index (χ4v) is 5.75. The molecule has 5 heteroatoms. The predicted octanol–water partition coefficient (Wildman–Crippen LogP) is 6.35. The third kappa shape index (κ3) is 4.83. The Labute approximate surface area is 240 Å². The van der Waals surface area contributed by atoms with Crippen LogP contribution in [0.2, 0.25) is 0 Å². The van der Waals surface area contributed by atoms with Gasteiger partial charge in [0.25, 0.3) is 0 Å². The molecule has 1 fully saturated rings. The molecule has 206 valence electrons. The van der Waals surface area contributed by atoms with E-state index in [1.165, 1.54) is 0 Å². The van der Waals surface area contributed by atoms with E-state index >= 15 is 0 Å². The fourth-order valence-electron chi connectivity index (χ4n) is 5.75. The first-order chi connectivity index (χ1) is 20.0. The Hall–Kier alpha value is -4.26. The molecular formula is C36H32O5. The quantitative estimate of drug-likeness (QED) is 0.238. The number of rotatable bonds is 8. The van der Waals surface area contributed by atoms with Gasteiger partial charge in [-0.3, -0.25) is 0 Å². The summed E-state index contributed by atoms with van der Waals surface area (Å²) in [5, 5.41) is 25.8. The van der Waals surface area contributed by atoms with E-state index in [2.05, 4.69) is 0 Å². The first-order valence-electron chi connectivity index (χ1n) is 13.7. The van der Waals surface area contributed by atoms with Crippen molar-refractivity contribution in [1.82, 2.24) is 0 Å². The number of benzene rings is 5. The summed E-state index contributed by atoms with van der Waals surface area (Å²) in [7, 11) is 1.61. The topological polar surface area (TPSA) is 68.2 Å². The highest BCUT2D eigenvalue weighted by atomic mass is 16.7. The zero-order valence-corrected chi connectivity index (χ0v) is 22.7. The average Bonchev–Trinajstić information content (AvgIpc) is 3.52. The van der Waals surface area contributed by atoms with Gasteiger partial charge >= 0.3 is 0 Å². The van der Waals surface area contributed by atoms with Crippen LogP contribution in [0.1, 0.15) is 34.1 Å². The summed E-state index contributed by atoms with van der Waals surface area (Å²) < 4.78 is 18.8. The average molecular weight is 545 g/mol. The van der Waals surface area contributed by atoms with Crippen molar-refractivity contribution in [3.05, 3.63) is 173 Å². The molecule has 0 bridgehead atoms. The van der Waals surface area contributed by atoms with Crippen molar-refractivity contribution in [2.75, 3.05) is 7.11 Å². The lowest BCUT2D eigenvalue weighted by molar-refractivity contribution is -0.110. The zero-order chi connectivity index (χ0) is 28.3. The lowest BCUT2D eigenvalue weighted by Crippen LogP contribution is -2.54. The van der Waals surface area contributed by atoms with Crippen molar-refractivity contribution >= 4 is 0 Å². The number of methoxy groups -OCH3 is 1. The molecule has 0 radical (unpaired) electrons. The molecule has 41 heavy (non-hydrogen) atoms. The van der Waals surface area contributed by atoms with Gasteiger partial charge in [-0.15, -0.1) is 0 Å². The van der Waals surface area contributed by atoms with E-state index in [1.54, 1.807) is 7.11 Å². The standard InChI is InChI=1S/C36H32O5/c1-39-31-24-22-26(23-25-31)34-40-32(35(37,27-14-6-2-7-15-27)28-16-8-3-9-17-28)33(41-34)36(38,29-18-10-4-11-19-29)30-20-12-5-13-21-30/h2-25,32-34,37-38H,1H3/t32-,33+,34?. The fraction of sp³-hybridized carbons (Fsp3) is 0.167. The number of ether oxygens (including phenoxy) is 3. The number of hydrogen-bond acceptors (Lipinski definition) is 5. The SMILES string of the molecule is COc1ccc(C2O[C@@H](C(O)(c3ccccc3)c3ccccc3)[C@@H](C(O)(c3ccccc3)c3ccccc3)O2)cc1. The summed E-state index contributed by atoms with van der Waals surface area (Å²) in [6.07, 6.45) is -2.91. The van der Waals surface area contributed by atoms with Gasteiger partial charge in [0.05, 0.1) is 7.11 Å². The third-order valence-corrected chi connectivity index (χ3v) is 7.88. The van der Waals surface area contributed by atoms with E-state index in [0.717, 1.165) is 5.56 Å². The highest BCUT2D eigenvalue weighted by Gasteiger charge is 2.59. The molecule has 1 unspecified atom stereocenters. The maximum atomic E-state index is 12.9. The Balaban J connectivity index is 1.58. The maximum absolute atomic E-state index is 12.9. The molecule has 5 nitrogen and oxygen atoms in total. The van der Waals surface area contributed by atoms with Crippen LogP contribution in [0.4, 0.5) is 0 Å². The van der Waals surface area contributed by atoms with Gasteiger partial charge in [-0.1, -0.05) is 133 Å². The van der Waals surface area contributed by atoms with Crippen molar-refractivity contribution in [2.24, 2.45) is 0 Å². The van der Waals surface area contributed by atoms with Gasteiger partial charge in [0.2, 0.25) is 0 Å². The molecule has 0 aliphatic carbocycles. The summed E-state index contributed by atoms with van der Waals surface area (Å²) in [6, 6.07) is 45.1. The molecule has 6 rings (SSSR count). The Kier molecular flexibility index (Phi) is 7.43. The molecule has 3 atom stereocenters. The van der Waals surface area contributed by atoms with Crippen molar-refractivity contribution in [3.63, 3.8) is 0 Å². The van der Waals surface area contributed by atoms with Crippen molar-refractivity contribution in [2.45, 2.75) is 29.7 Å². The zero-order valence-electron chi connectivity index (χ0n) is 22.7. The van der Waals surface area contributed by atoms with Gasteiger partial charge in [0.15, 0.2) is 6.29 Å². The van der Waals surface area contributed by atoms with Gasteiger partial charge in [0, 0.05) is 5.56 Å². The van der Waals surface area contributed by atoms with Crippen molar-refractivity contribution in [1.29, 1.82) is 0 Å². The minimum absolute atomic E-state index is 0.628. The second kappa shape index (κ2) is 11.3. The molecule has 0 spiro atoms. The van der Waals surface area contributed by atoms with Crippen LogP contribution < -0.4 is 4.74 Å². The molecule has 2 N–H and O–H groups in total. The van der Waals surface area contributed by atoms with Gasteiger partial charge in [0.1, 0.15) is 29.2 Å². The highest BCUT2D eigenvalue weighted by molar-refractivity contribution is 5.43. The second-order valence-electron chi connectivity index (χ2n) is 10.2. The molecule has 1 saturated heterocycles. The monoisotopic (exact) mass is 544 g/mol. The number of aliphatic hydroxyl groups is 2. The Morgan fingerprint density at radius 2 is 0.805 bits per heavy atom. The molecule has 0 aromatic heterocycles. The minimum atomic E-state index is -1.67. The van der Waals surface area contributed by atoms with Crippen LogP contribution in [0.5, 0.6) is 5.75 Å². The maximum Gasteiger partial charge on any atom is 0.185 e. The first kappa shape index (κ1) is 26.9. The molecule has 5 aromatic carbocycles. The van der Waals surface area contributed by atoms with E-state index in [9.17, 15) is 10.2 Å². The van der Waals surface area contributed by atoms with Crippen LogP contribution in [-0.4, -0.2) is 29.5 Å². The van der Waals surface area contributed by atoms with Crippen LogP contribution in [0.25, 0.3) is 0 Å². The minimum Gasteiger partial charge on any atom is -0.497 e. The van der Waals surface area contributed by atoms with Crippen LogP contribution in [0, 0.1) is 0 Å². The van der Waals surface area contributed by atoms with Crippen molar-refractivity contribution < 1.29 is 24.4 Å². The third-order valence-electron chi connectivity index (χ3n) is 7.88. The molecule has 0 saturated carbocycles. The van der Waals surface area contributed by atoms with Crippen LogP contribution in [-0.2, 0) is 20.7 Å².